The third-order valence-electron chi connectivity index (χ3n) is 13.0. The summed E-state index contributed by atoms with van der Waals surface area (Å²) in [6.07, 6.45) is 32.4. The normalized spacial score (nSPS) is 21.6. The van der Waals surface area contributed by atoms with Crippen LogP contribution in [0.1, 0.15) is 251 Å². The van der Waals surface area contributed by atoms with Gasteiger partial charge < -0.3 is 45.8 Å². The molecule has 8 N–H and O–H groups in total. The van der Waals surface area contributed by atoms with Crippen molar-refractivity contribution in [3.8, 4) is 0 Å². The molecule has 0 aromatic heterocycles. The van der Waals surface area contributed by atoms with Gasteiger partial charge in [-0.3, -0.25) is 4.79 Å². The number of aliphatic hydroxyl groups excluding tert-OH is 6. The van der Waals surface area contributed by atoms with Crippen LogP contribution in [0.3, 0.4) is 0 Å². The molecule has 10 nitrogen and oxygen atoms in total. The first-order valence-electron chi connectivity index (χ1n) is 25.8. The lowest BCUT2D eigenvalue weighted by Gasteiger charge is -2.41. The van der Waals surface area contributed by atoms with Crippen molar-refractivity contribution in [2.24, 2.45) is 11.7 Å². The van der Waals surface area contributed by atoms with Crippen molar-refractivity contribution < 1.29 is 44.9 Å². The zero-order valence-electron chi connectivity index (χ0n) is 39.1. The van der Waals surface area contributed by atoms with Crippen molar-refractivity contribution >= 4 is 5.78 Å². The fraction of sp³-hybridized carbons (Fsp3) is 0.980. The summed E-state index contributed by atoms with van der Waals surface area (Å²) < 4.78 is 11.2. The van der Waals surface area contributed by atoms with Gasteiger partial charge in [0.25, 0.3) is 0 Å². The number of Topliss-reactive ketones (excluding diaryl/α,β-unsaturated/α-hetero) is 1. The predicted molar refractivity (Wildman–Crippen MR) is 246 cm³/mol. The minimum absolute atomic E-state index is 0.165. The van der Waals surface area contributed by atoms with Crippen LogP contribution in [0.5, 0.6) is 0 Å². The lowest BCUT2D eigenvalue weighted by molar-refractivity contribution is -0.315. The number of rotatable bonds is 44. The SMILES string of the molecule is CCCCCCCCCCCCCCCCCCCCCCCCCC(=O)[C@H](C(N)O[C@H]1O[C@H](CO)[C@H](O)[C@H](O)[C@H]1O)[C@H](O)[C@H](O)CCCCCCCCCCCCCC. The molecule has 0 aromatic carbocycles. The number of carbonyl (C=O) groups is 1. The van der Waals surface area contributed by atoms with E-state index in [1.807, 2.05) is 0 Å². The van der Waals surface area contributed by atoms with Crippen LogP contribution in [0, 0.1) is 5.92 Å². The van der Waals surface area contributed by atoms with Gasteiger partial charge in [0.1, 0.15) is 36.4 Å². The summed E-state index contributed by atoms with van der Waals surface area (Å²) in [5.41, 5.74) is 6.36. The second kappa shape index (κ2) is 39.9. The van der Waals surface area contributed by atoms with Gasteiger partial charge in [-0.1, -0.05) is 232 Å². The number of ether oxygens (including phenoxy) is 2. The molecule has 1 unspecified atom stereocenters. The number of carbonyl (C=O) groups excluding carboxylic acids is 1. The van der Waals surface area contributed by atoms with Crippen molar-refractivity contribution in [1.29, 1.82) is 0 Å². The van der Waals surface area contributed by atoms with E-state index in [0.29, 0.717) is 19.3 Å². The first kappa shape index (κ1) is 57.3. The van der Waals surface area contributed by atoms with E-state index < -0.39 is 61.7 Å². The Morgan fingerprint density at radius 3 is 1.20 bits per heavy atom. The molecule has 9 atom stereocenters. The lowest BCUT2D eigenvalue weighted by atomic mass is 9.87. The fourth-order valence-corrected chi connectivity index (χ4v) is 8.84. The average Bonchev–Trinajstić information content (AvgIpc) is 3.24. The number of unbranched alkanes of at least 4 members (excludes halogenated alkanes) is 33. The summed E-state index contributed by atoms with van der Waals surface area (Å²) >= 11 is 0. The van der Waals surface area contributed by atoms with Crippen molar-refractivity contribution in [2.45, 2.75) is 301 Å². The molecule has 0 amide bonds. The topological polar surface area (TPSA) is 183 Å². The summed E-state index contributed by atoms with van der Waals surface area (Å²) in [5.74, 6) is -1.62. The molecular formula is C50H99NO9. The Hall–Kier alpha value is -0.690. The lowest BCUT2D eigenvalue weighted by Crippen LogP contribution is -2.61. The molecular weight excluding hydrogens is 759 g/mol. The van der Waals surface area contributed by atoms with E-state index in [-0.39, 0.29) is 12.2 Å². The average molecular weight is 858 g/mol. The van der Waals surface area contributed by atoms with Gasteiger partial charge in [-0.05, 0) is 12.8 Å². The van der Waals surface area contributed by atoms with E-state index in [1.54, 1.807) is 0 Å². The van der Waals surface area contributed by atoms with Gasteiger partial charge >= 0.3 is 0 Å². The molecule has 358 valence electrons. The smallest absolute Gasteiger partial charge is 0.188 e. The molecule has 1 rings (SSSR count). The Labute approximate surface area is 368 Å². The standard InChI is InChI=1S/C50H99NO9/c1-3-5-7-9-11-13-15-17-18-19-20-21-22-23-24-25-26-27-29-30-32-34-36-38-41(53)44(49(51)60-50-48(58)47(57)46(56)43(40-52)59-50)45(55)42(54)39-37-35-33-31-28-16-14-12-10-8-6-4-2/h42-50,52,54-58H,3-40,51H2,1-2H3/t42-,43-,44+,45-,46+,47+,48-,49?,50-/m1/s1. The largest absolute Gasteiger partial charge is 0.394 e. The van der Waals surface area contributed by atoms with Crippen LogP contribution in [-0.4, -0.2) is 92.2 Å². The zero-order chi connectivity index (χ0) is 44.1. The zero-order valence-corrected chi connectivity index (χ0v) is 39.1. The number of nitrogens with two attached hydrogens (primary N) is 1. The first-order chi connectivity index (χ1) is 29.2. The van der Waals surface area contributed by atoms with Gasteiger partial charge in [-0.15, -0.1) is 0 Å². The van der Waals surface area contributed by atoms with Gasteiger partial charge in [0.2, 0.25) is 0 Å². The molecule has 1 fully saturated rings. The maximum Gasteiger partial charge on any atom is 0.188 e. The molecule has 10 heteroatoms. The number of aliphatic hydroxyl groups is 6. The van der Waals surface area contributed by atoms with Gasteiger partial charge in [0, 0.05) is 6.42 Å². The van der Waals surface area contributed by atoms with Gasteiger partial charge in [-0.25, -0.2) is 0 Å². The minimum Gasteiger partial charge on any atom is -0.394 e. The molecule has 0 bridgehead atoms. The molecule has 0 saturated carbocycles. The summed E-state index contributed by atoms with van der Waals surface area (Å²) in [6, 6.07) is 0. The Balaban J connectivity index is 2.35. The second-order valence-corrected chi connectivity index (χ2v) is 18.6. The van der Waals surface area contributed by atoms with E-state index in [4.69, 9.17) is 15.2 Å². The number of hydrogen-bond acceptors (Lipinski definition) is 10. The quantitative estimate of drug-likeness (QED) is 0.0230. The Morgan fingerprint density at radius 1 is 0.517 bits per heavy atom. The first-order valence-corrected chi connectivity index (χ1v) is 25.8. The minimum atomic E-state index is -1.70. The third kappa shape index (κ3) is 28.2. The van der Waals surface area contributed by atoms with Crippen molar-refractivity contribution in [1.82, 2.24) is 0 Å². The molecule has 0 radical (unpaired) electrons. The van der Waals surface area contributed by atoms with Gasteiger partial charge in [-0.2, -0.15) is 0 Å². The Morgan fingerprint density at radius 2 is 0.850 bits per heavy atom. The summed E-state index contributed by atoms with van der Waals surface area (Å²) in [5, 5.41) is 62.9. The highest BCUT2D eigenvalue weighted by Gasteiger charge is 2.46. The summed E-state index contributed by atoms with van der Waals surface area (Å²) in [6.45, 7) is 3.88. The number of ketones is 1. The van der Waals surface area contributed by atoms with E-state index in [1.165, 1.54) is 173 Å². The molecule has 0 aromatic rings. The molecule has 0 aliphatic carbocycles. The van der Waals surface area contributed by atoms with Crippen molar-refractivity contribution in [3.63, 3.8) is 0 Å². The van der Waals surface area contributed by atoms with E-state index in [0.717, 1.165) is 38.5 Å². The Kier molecular flexibility index (Phi) is 38.1. The van der Waals surface area contributed by atoms with Crippen LogP contribution in [-0.2, 0) is 14.3 Å². The van der Waals surface area contributed by atoms with Crippen LogP contribution >= 0.6 is 0 Å². The molecule has 1 aliphatic rings. The van der Waals surface area contributed by atoms with Crippen LogP contribution in [0.15, 0.2) is 0 Å². The van der Waals surface area contributed by atoms with Crippen LogP contribution in [0.2, 0.25) is 0 Å². The molecule has 1 heterocycles. The van der Waals surface area contributed by atoms with Crippen molar-refractivity contribution in [2.75, 3.05) is 6.61 Å². The van der Waals surface area contributed by atoms with Gasteiger partial charge in [0.15, 0.2) is 6.29 Å². The van der Waals surface area contributed by atoms with Crippen LogP contribution in [0.25, 0.3) is 0 Å². The highest BCUT2D eigenvalue weighted by Crippen LogP contribution is 2.27. The molecule has 0 spiro atoms. The maximum absolute atomic E-state index is 13.6. The fourth-order valence-electron chi connectivity index (χ4n) is 8.84. The highest BCUT2D eigenvalue weighted by atomic mass is 16.7. The predicted octanol–water partition coefficient (Wildman–Crippen LogP) is 10.5. The molecule has 1 saturated heterocycles. The van der Waals surface area contributed by atoms with Crippen LogP contribution in [0.4, 0.5) is 0 Å². The summed E-state index contributed by atoms with van der Waals surface area (Å²) in [7, 11) is 0. The number of hydrogen-bond donors (Lipinski definition) is 7. The second-order valence-electron chi connectivity index (χ2n) is 18.6. The van der Waals surface area contributed by atoms with E-state index in [9.17, 15) is 35.4 Å². The Bertz CT molecular complexity index is 941. The monoisotopic (exact) mass is 858 g/mol. The van der Waals surface area contributed by atoms with E-state index in [2.05, 4.69) is 13.8 Å². The van der Waals surface area contributed by atoms with E-state index >= 15 is 0 Å². The molecule has 1 aliphatic heterocycles. The third-order valence-corrected chi connectivity index (χ3v) is 13.0. The molecule has 60 heavy (non-hydrogen) atoms. The van der Waals surface area contributed by atoms with Crippen LogP contribution < -0.4 is 5.73 Å². The highest BCUT2D eigenvalue weighted by molar-refractivity contribution is 5.82. The van der Waals surface area contributed by atoms with Crippen molar-refractivity contribution in [3.05, 3.63) is 0 Å². The summed E-state index contributed by atoms with van der Waals surface area (Å²) in [4.78, 5) is 13.6. The van der Waals surface area contributed by atoms with Gasteiger partial charge in [0.05, 0.1) is 24.7 Å². The maximum atomic E-state index is 13.6.